The molecule has 0 radical (unpaired) electrons. The summed E-state index contributed by atoms with van der Waals surface area (Å²) in [5, 5.41) is 0. The molecule has 2 rings (SSSR count). The van der Waals surface area contributed by atoms with Crippen molar-refractivity contribution in [3.63, 3.8) is 0 Å². The molecule has 0 unspecified atom stereocenters. The number of anilines is 1. The van der Waals surface area contributed by atoms with E-state index >= 15 is 0 Å². The molecule has 0 amide bonds. The maximum atomic E-state index is 5.92. The van der Waals surface area contributed by atoms with E-state index in [0.717, 1.165) is 30.4 Å². The molecule has 1 aromatic rings. The van der Waals surface area contributed by atoms with Crippen LogP contribution in [0.3, 0.4) is 0 Å². The molecule has 0 aromatic heterocycles. The van der Waals surface area contributed by atoms with Gasteiger partial charge in [0.05, 0.1) is 0 Å². The molecule has 0 spiro atoms. The van der Waals surface area contributed by atoms with E-state index in [-0.39, 0.29) is 0 Å². The van der Waals surface area contributed by atoms with Gasteiger partial charge in [-0.1, -0.05) is 18.2 Å². The molecule has 1 aromatic carbocycles. The Morgan fingerprint density at radius 1 is 1.50 bits per heavy atom. The van der Waals surface area contributed by atoms with Gasteiger partial charge in [-0.25, -0.2) is 0 Å². The number of nitrogen functional groups attached to an aromatic ring is 1. The Bertz CT molecular complexity index is 380. The Kier molecular flexibility index (Phi) is 3.30. The maximum absolute atomic E-state index is 5.92. The minimum Gasteiger partial charge on any atom is -0.399 e. The van der Waals surface area contributed by atoms with Crippen molar-refractivity contribution in [2.24, 2.45) is 0 Å². The number of hydrogen-bond donors (Lipinski definition) is 1. The van der Waals surface area contributed by atoms with E-state index in [1.165, 1.54) is 18.4 Å². The number of nitrogens with zero attached hydrogens (tertiary/aromatic N) is 1. The molecule has 1 aliphatic rings. The lowest BCUT2D eigenvalue weighted by Crippen LogP contribution is -2.25. The Morgan fingerprint density at radius 3 is 2.81 bits per heavy atom. The van der Waals surface area contributed by atoms with Crippen LogP contribution >= 0.6 is 0 Å². The van der Waals surface area contributed by atoms with Gasteiger partial charge in [0.15, 0.2) is 0 Å². The second-order valence-electron chi connectivity index (χ2n) is 4.64. The summed E-state index contributed by atoms with van der Waals surface area (Å²) in [5.41, 5.74) is 9.28. The van der Waals surface area contributed by atoms with E-state index in [0.29, 0.717) is 0 Å². The largest absolute Gasteiger partial charge is 0.399 e. The first kappa shape index (κ1) is 11.2. The van der Waals surface area contributed by atoms with Gasteiger partial charge in [-0.05, 0) is 37.0 Å². The topological polar surface area (TPSA) is 29.3 Å². The normalized spacial score (nSPS) is 15.4. The van der Waals surface area contributed by atoms with Gasteiger partial charge < -0.3 is 5.73 Å². The van der Waals surface area contributed by atoms with Gasteiger partial charge in [-0.3, -0.25) is 4.90 Å². The highest BCUT2D eigenvalue weighted by Gasteiger charge is 2.27. The lowest BCUT2D eigenvalue weighted by molar-refractivity contribution is 0.284. The van der Waals surface area contributed by atoms with Crippen molar-refractivity contribution in [2.75, 3.05) is 12.3 Å². The zero-order valence-electron chi connectivity index (χ0n) is 9.95. The number of hydrogen-bond acceptors (Lipinski definition) is 2. The Hall–Kier alpha value is -1.28. The first-order valence-electron chi connectivity index (χ1n) is 5.90. The molecule has 0 atom stereocenters. The first-order valence-corrected chi connectivity index (χ1v) is 5.90. The van der Waals surface area contributed by atoms with Gasteiger partial charge in [0.1, 0.15) is 0 Å². The van der Waals surface area contributed by atoms with Crippen LogP contribution in [0.2, 0.25) is 0 Å². The third-order valence-corrected chi connectivity index (χ3v) is 3.16. The van der Waals surface area contributed by atoms with Gasteiger partial charge in [0.2, 0.25) is 0 Å². The quantitative estimate of drug-likeness (QED) is 0.605. The van der Waals surface area contributed by atoms with Crippen molar-refractivity contribution in [1.82, 2.24) is 4.90 Å². The average molecular weight is 216 g/mol. The fourth-order valence-electron chi connectivity index (χ4n) is 1.97. The molecule has 1 fully saturated rings. The molecule has 0 aliphatic heterocycles. The highest BCUT2D eigenvalue weighted by atomic mass is 15.2. The van der Waals surface area contributed by atoms with Crippen LogP contribution in [0, 0.1) is 6.92 Å². The van der Waals surface area contributed by atoms with E-state index in [9.17, 15) is 0 Å². The van der Waals surface area contributed by atoms with Crippen molar-refractivity contribution < 1.29 is 0 Å². The summed E-state index contributed by atoms with van der Waals surface area (Å²) >= 11 is 0. The summed E-state index contributed by atoms with van der Waals surface area (Å²) in [6, 6.07) is 7.13. The zero-order chi connectivity index (χ0) is 11.5. The third kappa shape index (κ3) is 2.64. The summed E-state index contributed by atoms with van der Waals surface area (Å²) in [6.07, 6.45) is 4.64. The predicted octanol–water partition coefficient (Wildman–Crippen LogP) is 2.73. The SMILES string of the molecule is C=CCN(Cc1ccc(C)c(N)c1)C1CC1. The van der Waals surface area contributed by atoms with Crippen LogP contribution in [-0.2, 0) is 6.54 Å². The lowest BCUT2D eigenvalue weighted by atomic mass is 10.1. The maximum Gasteiger partial charge on any atom is 0.0346 e. The van der Waals surface area contributed by atoms with Crippen LogP contribution in [0.15, 0.2) is 30.9 Å². The van der Waals surface area contributed by atoms with Crippen LogP contribution in [0.5, 0.6) is 0 Å². The van der Waals surface area contributed by atoms with Crippen molar-refractivity contribution in [2.45, 2.75) is 32.4 Å². The van der Waals surface area contributed by atoms with Gasteiger partial charge in [-0.15, -0.1) is 6.58 Å². The van der Waals surface area contributed by atoms with Gasteiger partial charge in [0, 0.05) is 24.8 Å². The summed E-state index contributed by atoms with van der Waals surface area (Å²) in [7, 11) is 0. The highest BCUT2D eigenvalue weighted by molar-refractivity contribution is 5.48. The molecule has 1 saturated carbocycles. The molecule has 2 heteroatoms. The Morgan fingerprint density at radius 2 is 2.25 bits per heavy atom. The molecule has 0 heterocycles. The number of rotatable bonds is 5. The van der Waals surface area contributed by atoms with Gasteiger partial charge >= 0.3 is 0 Å². The van der Waals surface area contributed by atoms with Crippen LogP contribution in [0.1, 0.15) is 24.0 Å². The van der Waals surface area contributed by atoms with E-state index in [2.05, 4.69) is 29.7 Å². The molecular weight excluding hydrogens is 196 g/mol. The van der Waals surface area contributed by atoms with Crippen molar-refractivity contribution in [3.8, 4) is 0 Å². The van der Waals surface area contributed by atoms with E-state index in [1.54, 1.807) is 0 Å². The molecule has 2 N–H and O–H groups in total. The van der Waals surface area contributed by atoms with Crippen LogP contribution in [-0.4, -0.2) is 17.5 Å². The van der Waals surface area contributed by atoms with E-state index in [4.69, 9.17) is 5.73 Å². The van der Waals surface area contributed by atoms with Crippen molar-refractivity contribution >= 4 is 5.69 Å². The number of benzene rings is 1. The molecule has 0 bridgehead atoms. The second kappa shape index (κ2) is 4.71. The molecule has 1 aliphatic carbocycles. The second-order valence-corrected chi connectivity index (χ2v) is 4.64. The third-order valence-electron chi connectivity index (χ3n) is 3.16. The lowest BCUT2D eigenvalue weighted by Gasteiger charge is -2.20. The van der Waals surface area contributed by atoms with Crippen LogP contribution in [0.4, 0.5) is 5.69 Å². The standard InChI is InChI=1S/C14H20N2/c1-3-8-16(13-6-7-13)10-12-5-4-11(2)14(15)9-12/h3-5,9,13H,1,6-8,10,15H2,2H3. The highest BCUT2D eigenvalue weighted by Crippen LogP contribution is 2.28. The van der Waals surface area contributed by atoms with Crippen molar-refractivity contribution in [1.29, 1.82) is 0 Å². The monoisotopic (exact) mass is 216 g/mol. The summed E-state index contributed by atoms with van der Waals surface area (Å²) in [6.45, 7) is 7.82. The molecular formula is C14H20N2. The number of nitrogens with two attached hydrogens (primary N) is 1. The summed E-state index contributed by atoms with van der Waals surface area (Å²) < 4.78 is 0. The average Bonchev–Trinajstić information content (AvgIpc) is 3.06. The fourth-order valence-corrected chi connectivity index (χ4v) is 1.97. The Labute approximate surface area is 97.8 Å². The van der Waals surface area contributed by atoms with E-state index in [1.807, 2.05) is 13.0 Å². The smallest absolute Gasteiger partial charge is 0.0346 e. The van der Waals surface area contributed by atoms with Crippen LogP contribution < -0.4 is 5.73 Å². The molecule has 86 valence electrons. The Balaban J connectivity index is 2.05. The minimum absolute atomic E-state index is 0.764. The number of aryl methyl sites for hydroxylation is 1. The fraction of sp³-hybridized carbons (Fsp3) is 0.429. The van der Waals surface area contributed by atoms with E-state index < -0.39 is 0 Å². The molecule has 16 heavy (non-hydrogen) atoms. The van der Waals surface area contributed by atoms with Crippen LogP contribution in [0.25, 0.3) is 0 Å². The van der Waals surface area contributed by atoms with Gasteiger partial charge in [0.25, 0.3) is 0 Å². The molecule has 2 nitrogen and oxygen atoms in total. The van der Waals surface area contributed by atoms with Gasteiger partial charge in [-0.2, -0.15) is 0 Å². The zero-order valence-corrected chi connectivity index (χ0v) is 9.95. The summed E-state index contributed by atoms with van der Waals surface area (Å²) in [4.78, 5) is 2.47. The first-order chi connectivity index (χ1) is 7.70. The van der Waals surface area contributed by atoms with Crippen molar-refractivity contribution in [3.05, 3.63) is 42.0 Å². The molecule has 0 saturated heterocycles. The summed E-state index contributed by atoms with van der Waals surface area (Å²) in [5.74, 6) is 0. The predicted molar refractivity (Wildman–Crippen MR) is 69.2 cm³/mol. The minimum atomic E-state index is 0.764.